The highest BCUT2D eigenvalue weighted by Gasteiger charge is 2.44. The largest absolute Gasteiger partial charge is 0.434 e. The maximum absolute atomic E-state index is 14.0. The number of carbonyl (C=O) groups is 1. The second kappa shape index (κ2) is 11.3. The van der Waals surface area contributed by atoms with Crippen LogP contribution in [0.2, 0.25) is 0 Å². The summed E-state index contributed by atoms with van der Waals surface area (Å²) < 4.78 is 26.4. The Labute approximate surface area is 271 Å². The number of rotatable bonds is 7. The molecular formula is C35H26FN7O5. The van der Waals surface area contributed by atoms with Crippen LogP contribution >= 0.6 is 0 Å². The molecule has 6 heterocycles. The number of oxazole rings is 1. The Bertz CT molecular complexity index is 2400. The first-order chi connectivity index (χ1) is 23.3. The summed E-state index contributed by atoms with van der Waals surface area (Å²) in [7, 11) is 0. The van der Waals surface area contributed by atoms with Crippen LogP contribution in [0.25, 0.3) is 33.7 Å². The van der Waals surface area contributed by atoms with E-state index in [4.69, 9.17) is 19.1 Å². The van der Waals surface area contributed by atoms with Gasteiger partial charge in [-0.05, 0) is 80.1 Å². The van der Waals surface area contributed by atoms with Gasteiger partial charge in [-0.3, -0.25) is 19.3 Å². The molecular weight excluding hydrogens is 617 g/mol. The van der Waals surface area contributed by atoms with Crippen LogP contribution in [0, 0.1) is 17.1 Å². The second-order valence-electron chi connectivity index (χ2n) is 12.0. The number of halogens is 1. The number of hydrogen-bond donors (Lipinski definition) is 1. The Morgan fingerprint density at radius 3 is 2.60 bits per heavy atom. The van der Waals surface area contributed by atoms with E-state index in [2.05, 4.69) is 15.2 Å². The molecule has 12 nitrogen and oxygen atoms in total. The number of carbonyl (C=O) groups excluding carboxylic acids is 1. The van der Waals surface area contributed by atoms with Crippen molar-refractivity contribution < 1.29 is 18.0 Å². The number of pyridine rings is 2. The summed E-state index contributed by atoms with van der Waals surface area (Å²) in [4.78, 5) is 50.7. The van der Waals surface area contributed by atoms with Crippen LogP contribution in [0.1, 0.15) is 70.4 Å². The molecule has 13 heteroatoms. The average molecular weight is 644 g/mol. The van der Waals surface area contributed by atoms with Gasteiger partial charge in [0.2, 0.25) is 0 Å². The summed E-state index contributed by atoms with van der Waals surface area (Å²) in [5, 5.41) is 15.6. The van der Waals surface area contributed by atoms with Crippen LogP contribution in [0.15, 0.2) is 79.2 Å². The first kappa shape index (κ1) is 29.3. The minimum absolute atomic E-state index is 0.0288. The molecule has 8 rings (SSSR count). The van der Waals surface area contributed by atoms with E-state index in [1.807, 2.05) is 17.9 Å². The second-order valence-corrected chi connectivity index (χ2v) is 12.0. The molecule has 2 aliphatic heterocycles. The molecule has 1 fully saturated rings. The summed E-state index contributed by atoms with van der Waals surface area (Å²) in [6, 6.07) is 16.1. The van der Waals surface area contributed by atoms with Crippen LogP contribution in [0.4, 0.5) is 4.39 Å². The van der Waals surface area contributed by atoms with E-state index in [-0.39, 0.29) is 29.2 Å². The van der Waals surface area contributed by atoms with Gasteiger partial charge in [0, 0.05) is 18.3 Å². The van der Waals surface area contributed by atoms with Crippen molar-refractivity contribution in [1.29, 1.82) is 5.26 Å². The molecule has 0 spiro atoms. The van der Waals surface area contributed by atoms with E-state index < -0.39 is 17.6 Å². The zero-order valence-corrected chi connectivity index (χ0v) is 25.6. The predicted octanol–water partition coefficient (Wildman–Crippen LogP) is 5.09. The van der Waals surface area contributed by atoms with Gasteiger partial charge in [0.15, 0.2) is 5.58 Å². The van der Waals surface area contributed by atoms with E-state index in [0.29, 0.717) is 69.8 Å². The van der Waals surface area contributed by atoms with Crippen LogP contribution in [-0.2, 0) is 12.8 Å². The first-order valence-corrected chi connectivity index (χ1v) is 15.5. The molecule has 0 unspecified atom stereocenters. The van der Waals surface area contributed by atoms with E-state index in [1.54, 1.807) is 42.5 Å². The zero-order chi connectivity index (χ0) is 33.1. The van der Waals surface area contributed by atoms with E-state index in [0.717, 1.165) is 18.4 Å². The highest BCUT2D eigenvalue weighted by molar-refractivity contribution is 6.08. The van der Waals surface area contributed by atoms with Crippen LogP contribution in [0.3, 0.4) is 0 Å². The van der Waals surface area contributed by atoms with Gasteiger partial charge in [-0.25, -0.2) is 19.1 Å². The molecule has 0 aliphatic carbocycles. The monoisotopic (exact) mass is 643 g/mol. The zero-order valence-electron chi connectivity index (χ0n) is 25.6. The minimum atomic E-state index is -0.767. The van der Waals surface area contributed by atoms with E-state index >= 15 is 0 Å². The Morgan fingerprint density at radius 2 is 1.88 bits per heavy atom. The molecule has 0 saturated carbocycles. The minimum Gasteiger partial charge on any atom is -0.408 e. The fraction of sp³-hybridized carbons (Fsp3) is 0.229. The third-order valence-electron chi connectivity index (χ3n) is 9.19. The highest BCUT2D eigenvalue weighted by atomic mass is 19.1. The number of aromatic nitrogens is 5. The Hall–Kier alpha value is -6.16. The van der Waals surface area contributed by atoms with Gasteiger partial charge in [0.1, 0.15) is 11.9 Å². The molecule has 48 heavy (non-hydrogen) atoms. The van der Waals surface area contributed by atoms with Crippen molar-refractivity contribution in [3.63, 3.8) is 0 Å². The fourth-order valence-corrected chi connectivity index (χ4v) is 6.91. The van der Waals surface area contributed by atoms with Crippen molar-refractivity contribution in [3.8, 4) is 28.7 Å². The number of nitrogens with one attached hydrogen (secondary N) is 1. The topological polar surface area (TPSA) is 164 Å². The summed E-state index contributed by atoms with van der Waals surface area (Å²) in [5.41, 5.74) is 5.62. The van der Waals surface area contributed by atoms with Gasteiger partial charge in [-0.15, -0.1) is 5.10 Å². The third-order valence-corrected chi connectivity index (χ3v) is 9.19. The van der Waals surface area contributed by atoms with E-state index in [1.165, 1.54) is 22.9 Å². The maximum Gasteiger partial charge on any atom is 0.434 e. The number of H-pyrrole nitrogens is 1. The molecule has 2 aromatic carbocycles. The Balaban J connectivity index is 1.32. The molecule has 4 aromatic heterocycles. The van der Waals surface area contributed by atoms with Gasteiger partial charge in [-0.2, -0.15) is 5.26 Å². The van der Waals surface area contributed by atoms with Gasteiger partial charge in [-0.1, -0.05) is 18.2 Å². The Morgan fingerprint density at radius 1 is 1.04 bits per heavy atom. The smallest absolute Gasteiger partial charge is 0.408 e. The van der Waals surface area contributed by atoms with Gasteiger partial charge < -0.3 is 13.7 Å². The van der Waals surface area contributed by atoms with Crippen molar-refractivity contribution in [2.75, 3.05) is 6.54 Å². The summed E-state index contributed by atoms with van der Waals surface area (Å²) in [6.07, 6.45) is 3.93. The fourth-order valence-electron chi connectivity index (χ4n) is 6.91. The predicted molar refractivity (Wildman–Crippen MR) is 169 cm³/mol. The number of nitriles is 1. The van der Waals surface area contributed by atoms with Crippen molar-refractivity contribution >= 4 is 17.0 Å². The molecule has 1 N–H and O–H groups in total. The molecule has 238 valence electrons. The van der Waals surface area contributed by atoms with Crippen LogP contribution in [0.5, 0.6) is 0 Å². The van der Waals surface area contributed by atoms with E-state index in [9.17, 15) is 18.8 Å². The quantitative estimate of drug-likeness (QED) is 0.250. The normalized spacial score (nSPS) is 15.9. The number of fused-ring (bicyclic) bond motifs is 4. The lowest BCUT2D eigenvalue weighted by molar-refractivity contribution is 0.0776. The number of amides is 1. The number of benzene rings is 2. The van der Waals surface area contributed by atoms with Crippen molar-refractivity contribution in [2.45, 2.75) is 44.7 Å². The molecule has 2 aliphatic rings. The van der Waals surface area contributed by atoms with Gasteiger partial charge >= 0.3 is 11.5 Å². The number of aromatic amines is 1. The van der Waals surface area contributed by atoms with Crippen molar-refractivity contribution in [3.05, 3.63) is 121 Å². The van der Waals surface area contributed by atoms with Crippen LogP contribution in [-0.4, -0.2) is 42.1 Å². The maximum atomic E-state index is 14.0. The number of hydrogen-bond acceptors (Lipinski definition) is 9. The number of nitrogens with zero attached hydrogens (tertiary/aromatic N) is 6. The lowest BCUT2D eigenvalue weighted by Gasteiger charge is -2.17. The average Bonchev–Trinajstić information content (AvgIpc) is 3.88. The summed E-state index contributed by atoms with van der Waals surface area (Å²) in [6.45, 7) is 2.40. The lowest BCUT2D eigenvalue weighted by Crippen LogP contribution is -2.23. The molecule has 2 atom stereocenters. The lowest BCUT2D eigenvalue weighted by atomic mass is 9.89. The summed E-state index contributed by atoms with van der Waals surface area (Å²) >= 11 is 0. The molecule has 0 bridgehead atoms. The Kier molecular flexibility index (Phi) is 6.87. The van der Waals surface area contributed by atoms with Crippen LogP contribution < -0.4 is 11.5 Å². The van der Waals surface area contributed by atoms with Gasteiger partial charge in [0.05, 0.1) is 51.4 Å². The standard InChI is InChI=1S/C35H26FN7O5/c1-18(23-11-7-20(16-37)17-38-23)43-25-13-8-21(15-27(25)47-35(43)46)28-29(32-40-41-34(45)48-32)24(12-6-19-4-9-22(36)10-5-19)39-31-26-3-2-14-42(26)33(44)30(28)31/h4-5,7-11,13,15,17-18,26H,2-3,6,12,14H2,1H3,(H,41,45)/t18-,26+/m0/s1. The molecule has 1 amide bonds. The molecule has 1 saturated heterocycles. The van der Waals surface area contributed by atoms with Crippen molar-refractivity contribution in [1.82, 2.24) is 29.6 Å². The molecule has 6 aromatic rings. The SMILES string of the molecule is C[C@@H](c1ccc(C#N)cn1)n1c(=O)oc2cc(-c3c4c(nc(CCc5ccc(F)cc5)c3-c3n[nH]c(=O)o3)[C@H]3CCCN3C4=O)ccc21. The van der Waals surface area contributed by atoms with Gasteiger partial charge in [0.25, 0.3) is 11.8 Å². The highest BCUT2D eigenvalue weighted by Crippen LogP contribution is 2.48. The third kappa shape index (κ3) is 4.72. The first-order valence-electron chi connectivity index (χ1n) is 15.5. The van der Waals surface area contributed by atoms with Crippen molar-refractivity contribution in [2.24, 2.45) is 0 Å². The molecule has 0 radical (unpaired) electrons. The number of aryl methyl sites for hydroxylation is 2. The summed E-state index contributed by atoms with van der Waals surface area (Å²) in [5.74, 6) is -1.92.